The number of aliphatic hydroxyl groups excluding tert-OH is 1. The van der Waals surface area contributed by atoms with Crippen molar-refractivity contribution in [3.63, 3.8) is 0 Å². The number of carbonyl (C=O) groups is 1. The average molecular weight is 322 g/mol. The van der Waals surface area contributed by atoms with Crippen molar-refractivity contribution in [3.05, 3.63) is 27.5 Å². The van der Waals surface area contributed by atoms with Crippen molar-refractivity contribution >= 4 is 33.4 Å². The molecular weight excluding hydrogens is 307 g/mol. The Morgan fingerprint density at radius 2 is 2.29 bits per heavy atom. The first kappa shape index (κ1) is 14.4. The van der Waals surface area contributed by atoms with E-state index in [2.05, 4.69) is 26.2 Å². The smallest absolute Gasteiger partial charge is 0.254 e. The first-order valence-electron chi connectivity index (χ1n) is 5.18. The van der Waals surface area contributed by atoms with Gasteiger partial charge in [0.2, 0.25) is 0 Å². The van der Waals surface area contributed by atoms with Crippen LogP contribution in [-0.2, 0) is 0 Å². The van der Waals surface area contributed by atoms with Gasteiger partial charge in [-0.15, -0.1) is 0 Å². The van der Waals surface area contributed by atoms with Crippen molar-refractivity contribution < 1.29 is 9.90 Å². The number of hydrogen-bond donors (Lipinski definition) is 2. The highest BCUT2D eigenvalue weighted by molar-refractivity contribution is 9.10. The summed E-state index contributed by atoms with van der Waals surface area (Å²) < 4.78 is 0.678. The van der Waals surface area contributed by atoms with Crippen LogP contribution in [0.2, 0.25) is 5.15 Å². The van der Waals surface area contributed by atoms with E-state index in [-0.39, 0.29) is 29.6 Å². The molecule has 0 unspecified atom stereocenters. The number of amides is 1. The van der Waals surface area contributed by atoms with Crippen LogP contribution in [0.25, 0.3) is 0 Å². The molecule has 94 valence electrons. The Balaban J connectivity index is 2.86. The molecule has 17 heavy (non-hydrogen) atoms. The number of hydrogen-bond acceptors (Lipinski definition) is 3. The monoisotopic (exact) mass is 320 g/mol. The van der Waals surface area contributed by atoms with Gasteiger partial charge in [-0.05, 0) is 27.9 Å². The van der Waals surface area contributed by atoms with Crippen LogP contribution >= 0.6 is 27.5 Å². The Labute approximate surface area is 114 Å². The predicted molar refractivity (Wildman–Crippen MR) is 70.1 cm³/mol. The van der Waals surface area contributed by atoms with Crippen LogP contribution in [0.5, 0.6) is 0 Å². The molecule has 0 radical (unpaired) electrons. The maximum Gasteiger partial charge on any atom is 0.254 e. The summed E-state index contributed by atoms with van der Waals surface area (Å²) >= 11 is 9.07. The van der Waals surface area contributed by atoms with Crippen molar-refractivity contribution in [2.75, 3.05) is 6.61 Å². The van der Waals surface area contributed by atoms with Gasteiger partial charge >= 0.3 is 0 Å². The Hall–Kier alpha value is -0.650. The fraction of sp³-hybridized carbons (Fsp3) is 0.455. The molecule has 1 aromatic heterocycles. The lowest BCUT2D eigenvalue weighted by Crippen LogP contribution is -2.41. The topological polar surface area (TPSA) is 62.2 Å². The van der Waals surface area contributed by atoms with Crippen molar-refractivity contribution in [1.29, 1.82) is 0 Å². The lowest BCUT2D eigenvalue weighted by atomic mass is 10.1. The zero-order valence-corrected chi connectivity index (χ0v) is 11.9. The molecule has 2 N–H and O–H groups in total. The van der Waals surface area contributed by atoms with Crippen molar-refractivity contribution in [1.82, 2.24) is 10.3 Å². The van der Waals surface area contributed by atoms with Crippen LogP contribution < -0.4 is 5.32 Å². The predicted octanol–water partition coefficient (Wildman–Crippen LogP) is 2.24. The third kappa shape index (κ3) is 3.94. The number of carbonyl (C=O) groups excluding carboxylic acids is 1. The van der Waals surface area contributed by atoms with E-state index in [0.717, 1.165) is 0 Å². The molecule has 0 aliphatic carbocycles. The van der Waals surface area contributed by atoms with Crippen LogP contribution in [0.4, 0.5) is 0 Å². The second kappa shape index (κ2) is 6.33. The van der Waals surface area contributed by atoms with Crippen LogP contribution in [0.15, 0.2) is 16.7 Å². The second-order valence-electron chi connectivity index (χ2n) is 4.00. The van der Waals surface area contributed by atoms with E-state index in [4.69, 9.17) is 16.7 Å². The number of rotatable bonds is 4. The minimum atomic E-state index is -0.337. The Bertz CT molecular complexity index is 412. The van der Waals surface area contributed by atoms with E-state index >= 15 is 0 Å². The SMILES string of the molecule is CC(C)[C@@H](CO)NC(=O)c1cc(Br)cnc1Cl. The fourth-order valence-electron chi connectivity index (χ4n) is 1.25. The highest BCUT2D eigenvalue weighted by Crippen LogP contribution is 2.18. The third-order valence-corrected chi connectivity index (χ3v) is 3.10. The minimum absolute atomic E-state index is 0.109. The highest BCUT2D eigenvalue weighted by atomic mass is 79.9. The number of nitrogens with one attached hydrogen (secondary N) is 1. The molecule has 0 saturated heterocycles. The summed E-state index contributed by atoms with van der Waals surface area (Å²) in [5.74, 6) is -0.195. The molecule has 6 heteroatoms. The van der Waals surface area contributed by atoms with Gasteiger partial charge < -0.3 is 10.4 Å². The first-order valence-corrected chi connectivity index (χ1v) is 6.35. The van der Waals surface area contributed by atoms with Crippen LogP contribution in [-0.4, -0.2) is 28.6 Å². The molecule has 0 saturated carbocycles. The first-order chi connectivity index (χ1) is 7.95. The van der Waals surface area contributed by atoms with Crippen LogP contribution in [0.1, 0.15) is 24.2 Å². The summed E-state index contributed by atoms with van der Waals surface area (Å²) in [6, 6.07) is 1.30. The standard InChI is InChI=1S/C11H14BrClN2O2/c1-6(2)9(5-16)15-11(17)8-3-7(12)4-14-10(8)13/h3-4,6,9,16H,5H2,1-2H3,(H,15,17)/t9-/m1/s1. The number of pyridine rings is 1. The fourth-order valence-corrected chi connectivity index (χ4v) is 1.77. The molecule has 0 fully saturated rings. The van der Waals surface area contributed by atoms with Gasteiger partial charge in [-0.2, -0.15) is 0 Å². The van der Waals surface area contributed by atoms with E-state index < -0.39 is 0 Å². The Kier molecular flexibility index (Phi) is 5.36. The van der Waals surface area contributed by atoms with Crippen molar-refractivity contribution in [2.24, 2.45) is 5.92 Å². The van der Waals surface area contributed by atoms with Gasteiger partial charge in [0.1, 0.15) is 5.15 Å². The quantitative estimate of drug-likeness (QED) is 0.836. The second-order valence-corrected chi connectivity index (χ2v) is 5.27. The lowest BCUT2D eigenvalue weighted by Gasteiger charge is -2.20. The van der Waals surface area contributed by atoms with E-state index in [1.807, 2.05) is 13.8 Å². The molecule has 0 aliphatic heterocycles. The average Bonchev–Trinajstić information content (AvgIpc) is 2.28. The summed E-state index contributed by atoms with van der Waals surface area (Å²) in [5, 5.41) is 12.0. The molecule has 0 spiro atoms. The zero-order valence-electron chi connectivity index (χ0n) is 9.58. The number of halogens is 2. The van der Waals surface area contributed by atoms with Gasteiger partial charge in [-0.1, -0.05) is 25.4 Å². The molecule has 1 atom stereocenters. The van der Waals surface area contributed by atoms with E-state index in [9.17, 15) is 4.79 Å². The van der Waals surface area contributed by atoms with Crippen LogP contribution in [0.3, 0.4) is 0 Å². The molecule has 0 aromatic carbocycles. The zero-order chi connectivity index (χ0) is 13.0. The van der Waals surface area contributed by atoms with Gasteiger partial charge in [0, 0.05) is 10.7 Å². The lowest BCUT2D eigenvalue weighted by molar-refractivity contribution is 0.0896. The molecule has 1 heterocycles. The molecule has 0 bridgehead atoms. The Morgan fingerprint density at radius 3 is 2.82 bits per heavy atom. The Morgan fingerprint density at radius 1 is 1.65 bits per heavy atom. The van der Waals surface area contributed by atoms with Gasteiger partial charge in [-0.25, -0.2) is 4.98 Å². The van der Waals surface area contributed by atoms with Crippen molar-refractivity contribution in [3.8, 4) is 0 Å². The van der Waals surface area contributed by atoms with Crippen molar-refractivity contribution in [2.45, 2.75) is 19.9 Å². The normalized spacial score (nSPS) is 12.6. The van der Waals surface area contributed by atoms with E-state index in [1.165, 1.54) is 6.20 Å². The molecule has 1 amide bonds. The largest absolute Gasteiger partial charge is 0.394 e. The van der Waals surface area contributed by atoms with Gasteiger partial charge in [-0.3, -0.25) is 4.79 Å². The van der Waals surface area contributed by atoms with E-state index in [0.29, 0.717) is 10.0 Å². The summed E-state index contributed by atoms with van der Waals surface area (Å²) in [4.78, 5) is 15.8. The summed E-state index contributed by atoms with van der Waals surface area (Å²) in [6.07, 6.45) is 1.52. The van der Waals surface area contributed by atoms with Gasteiger partial charge in [0.05, 0.1) is 18.2 Å². The molecule has 4 nitrogen and oxygen atoms in total. The molecule has 0 aliphatic rings. The maximum absolute atomic E-state index is 11.9. The number of aromatic nitrogens is 1. The van der Waals surface area contributed by atoms with Gasteiger partial charge in [0.15, 0.2) is 0 Å². The van der Waals surface area contributed by atoms with Gasteiger partial charge in [0.25, 0.3) is 5.91 Å². The number of aliphatic hydroxyl groups is 1. The summed E-state index contributed by atoms with van der Waals surface area (Å²) in [6.45, 7) is 3.73. The summed E-state index contributed by atoms with van der Waals surface area (Å²) in [5.41, 5.74) is 0.292. The molecule has 1 rings (SSSR count). The molecular formula is C11H14BrClN2O2. The summed E-state index contributed by atoms with van der Waals surface area (Å²) in [7, 11) is 0. The number of nitrogens with zero attached hydrogens (tertiary/aromatic N) is 1. The highest BCUT2D eigenvalue weighted by Gasteiger charge is 2.18. The minimum Gasteiger partial charge on any atom is -0.394 e. The third-order valence-electron chi connectivity index (χ3n) is 2.37. The maximum atomic E-state index is 11.9. The van der Waals surface area contributed by atoms with E-state index in [1.54, 1.807) is 6.07 Å². The molecule has 1 aromatic rings. The van der Waals surface area contributed by atoms with Crippen LogP contribution in [0, 0.1) is 5.92 Å².